The fraction of sp³-hybridized carbons (Fsp3) is 0.250. The highest BCUT2D eigenvalue weighted by molar-refractivity contribution is 5.82. The van der Waals surface area contributed by atoms with Crippen LogP contribution in [-0.2, 0) is 22.6 Å². The van der Waals surface area contributed by atoms with Gasteiger partial charge in [-0.2, -0.15) is 5.10 Å². The number of carbonyl (C=O) groups excluding carboxylic acids is 1. The zero-order chi connectivity index (χ0) is 19.1. The highest BCUT2D eigenvalue weighted by Gasteiger charge is 2.13. The number of ether oxygens (including phenoxy) is 1. The number of hydrogen-bond donors (Lipinski definition) is 2. The molecule has 1 atom stereocenters. The van der Waals surface area contributed by atoms with E-state index in [1.807, 2.05) is 24.3 Å². The summed E-state index contributed by atoms with van der Waals surface area (Å²) in [6.45, 7) is 1.28. The van der Waals surface area contributed by atoms with E-state index in [0.29, 0.717) is 13.1 Å². The molecule has 0 radical (unpaired) electrons. The zero-order valence-electron chi connectivity index (χ0n) is 15.2. The monoisotopic (exact) mass is 365 g/mol. The molecule has 7 heteroatoms. The summed E-state index contributed by atoms with van der Waals surface area (Å²) in [6, 6.07) is 15.6. The van der Waals surface area contributed by atoms with Crippen LogP contribution in [0.15, 0.2) is 61.2 Å². The molecule has 1 heterocycles. The zero-order valence-corrected chi connectivity index (χ0v) is 15.2. The van der Waals surface area contributed by atoms with Crippen LogP contribution in [0.1, 0.15) is 11.1 Å². The second-order valence-corrected chi connectivity index (χ2v) is 6.23. The van der Waals surface area contributed by atoms with Gasteiger partial charge in [-0.15, -0.1) is 0 Å². The number of nitrogens with zero attached hydrogens (tertiary/aromatic N) is 3. The Labute approximate surface area is 158 Å². The van der Waals surface area contributed by atoms with E-state index >= 15 is 0 Å². The number of aromatic nitrogens is 3. The van der Waals surface area contributed by atoms with Gasteiger partial charge in [-0.05, 0) is 22.3 Å². The number of amides is 1. The van der Waals surface area contributed by atoms with E-state index in [9.17, 15) is 4.79 Å². The van der Waals surface area contributed by atoms with Gasteiger partial charge in [0.15, 0.2) is 0 Å². The number of methoxy groups -OCH3 is 1. The van der Waals surface area contributed by atoms with Crippen molar-refractivity contribution in [2.75, 3.05) is 13.7 Å². The summed E-state index contributed by atoms with van der Waals surface area (Å²) in [5.74, 6) is -0.227. The second-order valence-electron chi connectivity index (χ2n) is 6.23. The van der Waals surface area contributed by atoms with Gasteiger partial charge in [-0.3, -0.25) is 4.79 Å². The highest BCUT2D eigenvalue weighted by Crippen LogP contribution is 2.24. The Morgan fingerprint density at radius 2 is 2.00 bits per heavy atom. The van der Waals surface area contributed by atoms with Crippen molar-refractivity contribution in [2.24, 2.45) is 5.73 Å². The summed E-state index contributed by atoms with van der Waals surface area (Å²) in [5, 5.41) is 6.99. The average Bonchev–Trinajstić information content (AvgIpc) is 3.20. The Kier molecular flexibility index (Phi) is 6.30. The van der Waals surface area contributed by atoms with Gasteiger partial charge in [0.05, 0.1) is 13.2 Å². The van der Waals surface area contributed by atoms with Crippen molar-refractivity contribution in [3.63, 3.8) is 0 Å². The molecule has 0 aliphatic rings. The van der Waals surface area contributed by atoms with Gasteiger partial charge in [0.2, 0.25) is 5.91 Å². The first-order valence-electron chi connectivity index (χ1n) is 8.69. The lowest BCUT2D eigenvalue weighted by Gasteiger charge is -2.14. The molecule has 0 aliphatic carbocycles. The fourth-order valence-electron chi connectivity index (χ4n) is 2.82. The number of nitrogens with one attached hydrogen (secondary N) is 1. The predicted octanol–water partition coefficient (Wildman–Crippen LogP) is 1.58. The smallest absolute Gasteiger partial charge is 0.239 e. The molecule has 0 aliphatic heterocycles. The Bertz CT molecular complexity index is 862. The maximum atomic E-state index is 12.0. The maximum Gasteiger partial charge on any atom is 0.239 e. The molecule has 0 spiro atoms. The quantitative estimate of drug-likeness (QED) is 0.632. The van der Waals surface area contributed by atoms with Crippen molar-refractivity contribution in [2.45, 2.75) is 19.1 Å². The molecule has 1 unspecified atom stereocenters. The molecule has 140 valence electrons. The van der Waals surface area contributed by atoms with Crippen molar-refractivity contribution in [3.05, 3.63) is 72.3 Å². The second kappa shape index (κ2) is 9.07. The molecule has 1 aromatic heterocycles. The summed E-state index contributed by atoms with van der Waals surface area (Å²) >= 11 is 0. The minimum atomic E-state index is -0.668. The van der Waals surface area contributed by atoms with Crippen LogP contribution in [-0.4, -0.2) is 40.4 Å². The van der Waals surface area contributed by atoms with Gasteiger partial charge in [0.1, 0.15) is 18.7 Å². The number of benzene rings is 2. The maximum absolute atomic E-state index is 12.0. The topological polar surface area (TPSA) is 95.1 Å². The summed E-state index contributed by atoms with van der Waals surface area (Å²) in [5.41, 5.74) is 10.1. The standard InChI is InChI=1S/C20H23N5O2/c1-27-12-19(21)20(26)23-10-17-4-2-3-5-18(17)16-8-6-15(7-9-16)11-25-14-22-13-24-25/h2-9,13-14,19H,10-12,21H2,1H3,(H,23,26). The first-order chi connectivity index (χ1) is 13.2. The summed E-state index contributed by atoms with van der Waals surface area (Å²) in [4.78, 5) is 16.0. The van der Waals surface area contributed by atoms with Gasteiger partial charge in [-0.25, -0.2) is 9.67 Å². The van der Waals surface area contributed by atoms with E-state index in [1.54, 1.807) is 11.0 Å². The lowest BCUT2D eigenvalue weighted by Crippen LogP contribution is -2.43. The Morgan fingerprint density at radius 1 is 1.22 bits per heavy atom. The van der Waals surface area contributed by atoms with Gasteiger partial charge in [-0.1, -0.05) is 48.5 Å². The van der Waals surface area contributed by atoms with Crippen LogP contribution in [0.4, 0.5) is 0 Å². The Hall–Kier alpha value is -3.03. The molecule has 3 rings (SSSR count). The van der Waals surface area contributed by atoms with Crippen LogP contribution in [0.3, 0.4) is 0 Å². The molecule has 3 N–H and O–H groups in total. The molecule has 0 bridgehead atoms. The van der Waals surface area contributed by atoms with Crippen LogP contribution < -0.4 is 11.1 Å². The van der Waals surface area contributed by atoms with Crippen LogP contribution in [0.25, 0.3) is 11.1 Å². The average molecular weight is 365 g/mol. The number of hydrogen-bond acceptors (Lipinski definition) is 5. The first kappa shape index (κ1) is 18.8. The minimum absolute atomic E-state index is 0.195. The van der Waals surface area contributed by atoms with E-state index in [2.05, 4.69) is 39.7 Å². The fourth-order valence-corrected chi connectivity index (χ4v) is 2.82. The number of carbonyl (C=O) groups is 1. The molecule has 1 amide bonds. The SMILES string of the molecule is COCC(N)C(=O)NCc1ccccc1-c1ccc(Cn2cncn2)cc1. The first-order valence-corrected chi connectivity index (χ1v) is 8.69. The molecule has 0 fully saturated rings. The van der Waals surface area contributed by atoms with E-state index in [0.717, 1.165) is 22.3 Å². The lowest BCUT2D eigenvalue weighted by atomic mass is 9.98. The van der Waals surface area contributed by atoms with E-state index in [1.165, 1.54) is 13.4 Å². The van der Waals surface area contributed by atoms with Crippen LogP contribution in [0.2, 0.25) is 0 Å². The van der Waals surface area contributed by atoms with Gasteiger partial charge >= 0.3 is 0 Å². The number of rotatable bonds is 8. The van der Waals surface area contributed by atoms with Crippen molar-refractivity contribution >= 4 is 5.91 Å². The van der Waals surface area contributed by atoms with Crippen LogP contribution in [0.5, 0.6) is 0 Å². The molecule has 7 nitrogen and oxygen atoms in total. The minimum Gasteiger partial charge on any atom is -0.383 e. The van der Waals surface area contributed by atoms with Crippen molar-refractivity contribution in [1.82, 2.24) is 20.1 Å². The molecule has 2 aromatic carbocycles. The van der Waals surface area contributed by atoms with Crippen LogP contribution in [0, 0.1) is 0 Å². The molecular formula is C20H23N5O2. The Morgan fingerprint density at radius 3 is 2.70 bits per heavy atom. The van der Waals surface area contributed by atoms with Gasteiger partial charge in [0.25, 0.3) is 0 Å². The Balaban J connectivity index is 1.70. The van der Waals surface area contributed by atoms with Crippen molar-refractivity contribution in [3.8, 4) is 11.1 Å². The molecule has 27 heavy (non-hydrogen) atoms. The molecular weight excluding hydrogens is 342 g/mol. The lowest BCUT2D eigenvalue weighted by molar-refractivity contribution is -0.123. The summed E-state index contributed by atoms with van der Waals surface area (Å²) in [6.07, 6.45) is 3.22. The summed E-state index contributed by atoms with van der Waals surface area (Å²) < 4.78 is 6.70. The predicted molar refractivity (Wildman–Crippen MR) is 103 cm³/mol. The number of nitrogens with two attached hydrogens (primary N) is 1. The molecule has 3 aromatic rings. The third-order valence-corrected chi connectivity index (χ3v) is 4.23. The molecule has 0 saturated heterocycles. The van der Waals surface area contributed by atoms with Crippen molar-refractivity contribution in [1.29, 1.82) is 0 Å². The van der Waals surface area contributed by atoms with E-state index in [4.69, 9.17) is 10.5 Å². The highest BCUT2D eigenvalue weighted by atomic mass is 16.5. The van der Waals surface area contributed by atoms with E-state index in [-0.39, 0.29) is 12.5 Å². The third kappa shape index (κ3) is 4.99. The summed E-state index contributed by atoms with van der Waals surface area (Å²) in [7, 11) is 1.52. The van der Waals surface area contributed by atoms with Crippen molar-refractivity contribution < 1.29 is 9.53 Å². The third-order valence-electron chi connectivity index (χ3n) is 4.23. The normalized spacial score (nSPS) is 11.9. The van der Waals surface area contributed by atoms with Gasteiger partial charge < -0.3 is 15.8 Å². The van der Waals surface area contributed by atoms with Crippen LogP contribution >= 0.6 is 0 Å². The molecule has 0 saturated carbocycles. The van der Waals surface area contributed by atoms with E-state index < -0.39 is 6.04 Å². The van der Waals surface area contributed by atoms with Gasteiger partial charge in [0, 0.05) is 13.7 Å². The largest absolute Gasteiger partial charge is 0.383 e.